The maximum Gasteiger partial charge on any atom is 0.185 e. The summed E-state index contributed by atoms with van der Waals surface area (Å²) >= 11 is 3.34. The predicted octanol–water partition coefficient (Wildman–Crippen LogP) is 4.90. The maximum absolute atomic E-state index is 11.8. The molecule has 0 N–H and O–H groups in total. The van der Waals surface area contributed by atoms with Gasteiger partial charge in [-0.25, -0.2) is 0 Å². The quantitative estimate of drug-likeness (QED) is 0.446. The second-order valence-electron chi connectivity index (χ2n) is 4.00. The Balaban J connectivity index is 1.97. The summed E-state index contributed by atoms with van der Waals surface area (Å²) in [6, 6.07) is 17.3. The van der Waals surface area contributed by atoms with Gasteiger partial charge in [-0.3, -0.25) is 4.79 Å². The first-order chi connectivity index (χ1) is 9.25. The van der Waals surface area contributed by atoms with E-state index in [-0.39, 0.29) is 5.78 Å². The van der Waals surface area contributed by atoms with E-state index >= 15 is 0 Å². The highest BCUT2D eigenvalue weighted by Gasteiger charge is 1.99. The molecule has 0 saturated carbocycles. The zero-order chi connectivity index (χ0) is 13.5. The van der Waals surface area contributed by atoms with Gasteiger partial charge in [0.05, 0.1) is 0 Å². The molecule has 0 amide bonds. The molecule has 0 bridgehead atoms. The van der Waals surface area contributed by atoms with Crippen LogP contribution in [-0.2, 0) is 0 Å². The fraction of sp³-hybridized carbons (Fsp3) is 0. The standard InChI is InChI=1S/C17H13BrO/c18-16-12-10-15(11-13-16)17(19)9-5-4-8-14-6-2-1-3-7-14/h1-13H/b8-4+,9-5+. The summed E-state index contributed by atoms with van der Waals surface area (Å²) in [5.74, 6) is 0.00483. The minimum atomic E-state index is 0.00483. The molecule has 0 atom stereocenters. The molecule has 0 spiro atoms. The van der Waals surface area contributed by atoms with Gasteiger partial charge in [0, 0.05) is 10.0 Å². The van der Waals surface area contributed by atoms with Crippen molar-refractivity contribution in [1.82, 2.24) is 0 Å². The molecule has 2 aromatic carbocycles. The molecule has 0 aromatic heterocycles. The Morgan fingerprint density at radius 2 is 1.58 bits per heavy atom. The SMILES string of the molecule is O=C(/C=C/C=C/c1ccccc1)c1ccc(Br)cc1. The van der Waals surface area contributed by atoms with E-state index in [2.05, 4.69) is 15.9 Å². The first-order valence-electron chi connectivity index (χ1n) is 5.95. The molecule has 0 aliphatic carbocycles. The van der Waals surface area contributed by atoms with E-state index in [1.54, 1.807) is 24.3 Å². The van der Waals surface area contributed by atoms with Gasteiger partial charge in [-0.15, -0.1) is 0 Å². The van der Waals surface area contributed by atoms with Crippen LogP contribution in [0.25, 0.3) is 6.08 Å². The van der Waals surface area contributed by atoms with Crippen LogP contribution in [0.2, 0.25) is 0 Å². The molecule has 0 saturated heterocycles. The second-order valence-corrected chi connectivity index (χ2v) is 4.92. The monoisotopic (exact) mass is 312 g/mol. The Labute approximate surface area is 121 Å². The number of ketones is 1. The molecule has 0 aliphatic rings. The van der Waals surface area contributed by atoms with Crippen LogP contribution in [0, 0.1) is 0 Å². The molecular formula is C17H13BrO. The van der Waals surface area contributed by atoms with E-state index in [1.807, 2.05) is 54.6 Å². The Morgan fingerprint density at radius 1 is 0.895 bits per heavy atom. The van der Waals surface area contributed by atoms with Crippen LogP contribution in [0.15, 0.2) is 77.3 Å². The summed E-state index contributed by atoms with van der Waals surface area (Å²) in [4.78, 5) is 11.8. The largest absolute Gasteiger partial charge is 0.289 e. The number of rotatable bonds is 4. The molecule has 0 radical (unpaired) electrons. The third kappa shape index (κ3) is 4.34. The normalized spacial score (nSPS) is 11.2. The average molecular weight is 313 g/mol. The van der Waals surface area contributed by atoms with Crippen LogP contribution in [-0.4, -0.2) is 5.78 Å². The Kier molecular flexibility index (Phi) is 4.87. The number of hydrogen-bond acceptors (Lipinski definition) is 1. The molecule has 1 nitrogen and oxygen atoms in total. The molecule has 19 heavy (non-hydrogen) atoms. The number of hydrogen-bond donors (Lipinski definition) is 0. The van der Waals surface area contributed by atoms with Gasteiger partial charge < -0.3 is 0 Å². The number of carbonyl (C=O) groups is 1. The van der Waals surface area contributed by atoms with Crippen molar-refractivity contribution in [2.75, 3.05) is 0 Å². The van der Waals surface area contributed by atoms with Crippen LogP contribution in [0.5, 0.6) is 0 Å². The minimum Gasteiger partial charge on any atom is -0.289 e. The summed E-state index contributed by atoms with van der Waals surface area (Å²) < 4.78 is 0.969. The van der Waals surface area contributed by atoms with Crippen molar-refractivity contribution >= 4 is 27.8 Å². The minimum absolute atomic E-state index is 0.00483. The van der Waals surface area contributed by atoms with Crippen molar-refractivity contribution in [3.05, 3.63) is 88.4 Å². The van der Waals surface area contributed by atoms with E-state index in [4.69, 9.17) is 0 Å². The fourth-order valence-corrected chi connectivity index (χ4v) is 1.85. The topological polar surface area (TPSA) is 17.1 Å². The smallest absolute Gasteiger partial charge is 0.185 e. The van der Waals surface area contributed by atoms with Gasteiger partial charge in [0.15, 0.2) is 5.78 Å². The lowest BCUT2D eigenvalue weighted by molar-refractivity contribution is 0.104. The predicted molar refractivity (Wildman–Crippen MR) is 83.1 cm³/mol. The zero-order valence-electron chi connectivity index (χ0n) is 10.3. The molecule has 2 rings (SSSR count). The zero-order valence-corrected chi connectivity index (χ0v) is 11.9. The first-order valence-corrected chi connectivity index (χ1v) is 6.75. The molecule has 0 heterocycles. The van der Waals surface area contributed by atoms with Gasteiger partial charge in [-0.2, -0.15) is 0 Å². The van der Waals surface area contributed by atoms with Crippen molar-refractivity contribution in [2.45, 2.75) is 0 Å². The van der Waals surface area contributed by atoms with Gasteiger partial charge in [0.2, 0.25) is 0 Å². The second kappa shape index (κ2) is 6.86. The van der Waals surface area contributed by atoms with E-state index in [0.717, 1.165) is 10.0 Å². The lowest BCUT2D eigenvalue weighted by Gasteiger charge is -1.95. The summed E-state index contributed by atoms with van der Waals surface area (Å²) in [7, 11) is 0. The van der Waals surface area contributed by atoms with Crippen LogP contribution < -0.4 is 0 Å². The number of benzene rings is 2. The fourth-order valence-electron chi connectivity index (χ4n) is 1.58. The highest BCUT2D eigenvalue weighted by molar-refractivity contribution is 9.10. The van der Waals surface area contributed by atoms with Crippen molar-refractivity contribution in [2.24, 2.45) is 0 Å². The Morgan fingerprint density at radius 3 is 2.26 bits per heavy atom. The molecule has 94 valence electrons. The van der Waals surface area contributed by atoms with E-state index in [0.29, 0.717) is 5.56 Å². The molecule has 2 heteroatoms. The summed E-state index contributed by atoms with van der Waals surface area (Å²) in [5, 5.41) is 0. The van der Waals surface area contributed by atoms with Gasteiger partial charge in [-0.05, 0) is 35.9 Å². The molecule has 0 aliphatic heterocycles. The van der Waals surface area contributed by atoms with Gasteiger partial charge in [0.1, 0.15) is 0 Å². The number of allylic oxidation sites excluding steroid dienone is 3. The Bertz CT molecular complexity index is 595. The highest BCUT2D eigenvalue weighted by Crippen LogP contribution is 2.11. The molecule has 0 unspecified atom stereocenters. The van der Waals surface area contributed by atoms with Gasteiger partial charge in [0.25, 0.3) is 0 Å². The van der Waals surface area contributed by atoms with Crippen LogP contribution in [0.4, 0.5) is 0 Å². The number of carbonyl (C=O) groups excluding carboxylic acids is 1. The van der Waals surface area contributed by atoms with Crippen molar-refractivity contribution in [3.8, 4) is 0 Å². The summed E-state index contributed by atoms with van der Waals surface area (Å²) in [6.07, 6.45) is 7.16. The molecule has 0 fully saturated rings. The molecule has 2 aromatic rings. The summed E-state index contributed by atoms with van der Waals surface area (Å²) in [6.45, 7) is 0. The highest BCUT2D eigenvalue weighted by atomic mass is 79.9. The third-order valence-corrected chi connectivity index (χ3v) is 3.10. The van der Waals surface area contributed by atoms with Crippen molar-refractivity contribution in [3.63, 3.8) is 0 Å². The van der Waals surface area contributed by atoms with E-state index in [1.165, 1.54) is 0 Å². The average Bonchev–Trinajstić information content (AvgIpc) is 2.45. The Hall–Kier alpha value is -1.93. The van der Waals surface area contributed by atoms with Gasteiger partial charge in [-0.1, -0.05) is 64.5 Å². The van der Waals surface area contributed by atoms with E-state index in [9.17, 15) is 4.79 Å². The van der Waals surface area contributed by atoms with Gasteiger partial charge >= 0.3 is 0 Å². The van der Waals surface area contributed by atoms with Crippen LogP contribution >= 0.6 is 15.9 Å². The van der Waals surface area contributed by atoms with Crippen LogP contribution in [0.3, 0.4) is 0 Å². The lowest BCUT2D eigenvalue weighted by Crippen LogP contribution is -1.92. The number of halogens is 1. The van der Waals surface area contributed by atoms with Crippen molar-refractivity contribution < 1.29 is 4.79 Å². The molecular weight excluding hydrogens is 300 g/mol. The van der Waals surface area contributed by atoms with E-state index < -0.39 is 0 Å². The lowest BCUT2D eigenvalue weighted by atomic mass is 10.1. The van der Waals surface area contributed by atoms with Crippen molar-refractivity contribution in [1.29, 1.82) is 0 Å². The maximum atomic E-state index is 11.8. The van der Waals surface area contributed by atoms with Crippen LogP contribution in [0.1, 0.15) is 15.9 Å². The summed E-state index contributed by atoms with van der Waals surface area (Å²) in [5.41, 5.74) is 1.80. The third-order valence-electron chi connectivity index (χ3n) is 2.58. The first kappa shape index (κ1) is 13.5.